The van der Waals surface area contributed by atoms with Crippen molar-refractivity contribution in [2.24, 2.45) is 0 Å². The molecule has 126 valence electrons. The molecule has 0 fully saturated rings. The molecule has 1 N–H and O–H groups in total. The summed E-state index contributed by atoms with van der Waals surface area (Å²) >= 11 is 0. The van der Waals surface area contributed by atoms with Gasteiger partial charge in [-0.3, -0.25) is 4.79 Å². The molecule has 0 radical (unpaired) electrons. The second kappa shape index (κ2) is 6.83. The van der Waals surface area contributed by atoms with Gasteiger partial charge in [-0.05, 0) is 50.6 Å². The minimum atomic E-state index is -0.188. The smallest absolute Gasteiger partial charge is 0.255 e. The average Bonchev–Trinajstić information content (AvgIpc) is 3.03. The van der Waals surface area contributed by atoms with E-state index in [1.54, 1.807) is 18.2 Å². The maximum absolute atomic E-state index is 12.5. The summed E-state index contributed by atoms with van der Waals surface area (Å²) in [6.07, 6.45) is 0.135. The third kappa shape index (κ3) is 3.45. The number of rotatable bonds is 5. The highest BCUT2D eigenvalue weighted by molar-refractivity contribution is 5.98. The average molecular weight is 327 g/mol. The fourth-order valence-electron chi connectivity index (χ4n) is 2.57. The number of fused-ring (bicyclic) bond motifs is 1. The molecule has 1 amide bonds. The van der Waals surface area contributed by atoms with Gasteiger partial charge in [0.05, 0.1) is 17.7 Å². The van der Waals surface area contributed by atoms with Gasteiger partial charge in [-0.25, -0.2) is 0 Å². The van der Waals surface area contributed by atoms with E-state index < -0.39 is 0 Å². The minimum absolute atomic E-state index is 0.135. The molecule has 0 spiro atoms. The van der Waals surface area contributed by atoms with Crippen LogP contribution in [0.15, 0.2) is 42.5 Å². The van der Waals surface area contributed by atoms with Gasteiger partial charge in [0.2, 0.25) is 6.79 Å². The van der Waals surface area contributed by atoms with Crippen molar-refractivity contribution in [1.29, 1.82) is 0 Å². The van der Waals surface area contributed by atoms with Gasteiger partial charge in [-0.15, -0.1) is 0 Å². The number of carbonyl (C=O) groups excluding carboxylic acids is 1. The Morgan fingerprint density at radius 3 is 2.54 bits per heavy atom. The second-order valence-electron chi connectivity index (χ2n) is 5.97. The summed E-state index contributed by atoms with van der Waals surface area (Å²) in [5, 5.41) is 2.99. The minimum Gasteiger partial charge on any atom is -0.491 e. The molecule has 1 atom stereocenters. The van der Waals surface area contributed by atoms with Crippen molar-refractivity contribution in [3.05, 3.63) is 53.6 Å². The zero-order valence-corrected chi connectivity index (χ0v) is 14.0. The van der Waals surface area contributed by atoms with E-state index >= 15 is 0 Å². The summed E-state index contributed by atoms with van der Waals surface area (Å²) in [7, 11) is 0. The number of para-hydroxylation sites is 1. The van der Waals surface area contributed by atoms with E-state index in [4.69, 9.17) is 14.2 Å². The van der Waals surface area contributed by atoms with Crippen LogP contribution in [0, 0.1) is 0 Å². The molecule has 2 aromatic carbocycles. The molecular weight excluding hydrogens is 306 g/mol. The molecule has 0 bridgehead atoms. The number of carbonyl (C=O) groups is 1. The normalized spacial score (nSPS) is 13.7. The SMILES string of the molecule is CC(C)Oc1ccc(C(C)NC(=O)c2cccc3c2OCO3)cc1. The lowest BCUT2D eigenvalue weighted by molar-refractivity contribution is 0.0935. The van der Waals surface area contributed by atoms with E-state index in [1.165, 1.54) is 0 Å². The van der Waals surface area contributed by atoms with Gasteiger partial charge >= 0.3 is 0 Å². The monoisotopic (exact) mass is 327 g/mol. The Balaban J connectivity index is 1.69. The number of benzene rings is 2. The summed E-state index contributed by atoms with van der Waals surface area (Å²) in [6, 6.07) is 12.9. The fourth-order valence-corrected chi connectivity index (χ4v) is 2.57. The van der Waals surface area contributed by atoms with Gasteiger partial charge in [-0.1, -0.05) is 18.2 Å². The number of nitrogens with one attached hydrogen (secondary N) is 1. The highest BCUT2D eigenvalue weighted by Crippen LogP contribution is 2.35. The molecule has 1 unspecified atom stereocenters. The van der Waals surface area contributed by atoms with Gasteiger partial charge in [-0.2, -0.15) is 0 Å². The zero-order valence-electron chi connectivity index (χ0n) is 14.0. The summed E-state index contributed by atoms with van der Waals surface area (Å²) in [6.45, 7) is 6.06. The first-order valence-corrected chi connectivity index (χ1v) is 8.00. The maximum atomic E-state index is 12.5. The molecule has 24 heavy (non-hydrogen) atoms. The molecule has 0 saturated carbocycles. The molecule has 0 aliphatic carbocycles. The van der Waals surface area contributed by atoms with Crippen molar-refractivity contribution in [2.75, 3.05) is 6.79 Å². The van der Waals surface area contributed by atoms with Crippen LogP contribution in [0.5, 0.6) is 17.2 Å². The van der Waals surface area contributed by atoms with Crippen LogP contribution in [-0.4, -0.2) is 18.8 Å². The van der Waals surface area contributed by atoms with Gasteiger partial charge in [0, 0.05) is 0 Å². The highest BCUT2D eigenvalue weighted by Gasteiger charge is 2.22. The first-order chi connectivity index (χ1) is 11.5. The first-order valence-electron chi connectivity index (χ1n) is 8.00. The van der Waals surface area contributed by atoms with Crippen molar-refractivity contribution in [3.8, 4) is 17.2 Å². The first kappa shape index (κ1) is 16.2. The molecule has 5 nitrogen and oxygen atoms in total. The Morgan fingerprint density at radius 1 is 1.08 bits per heavy atom. The van der Waals surface area contributed by atoms with E-state index in [9.17, 15) is 4.79 Å². The summed E-state index contributed by atoms with van der Waals surface area (Å²) in [5.41, 5.74) is 1.49. The Kier molecular flexibility index (Phi) is 4.60. The molecule has 0 saturated heterocycles. The van der Waals surface area contributed by atoms with E-state index in [2.05, 4.69) is 5.32 Å². The predicted octanol–water partition coefficient (Wildman–Crippen LogP) is 3.69. The standard InChI is InChI=1S/C19H21NO4/c1-12(2)24-15-9-7-14(8-10-15)13(3)20-19(21)16-5-4-6-17-18(16)23-11-22-17/h4-10,12-13H,11H2,1-3H3,(H,20,21). The van der Waals surface area contributed by atoms with Crippen molar-refractivity contribution in [3.63, 3.8) is 0 Å². The molecule has 5 heteroatoms. The molecule has 3 rings (SSSR count). The Bertz CT molecular complexity index is 725. The fraction of sp³-hybridized carbons (Fsp3) is 0.316. The molecule has 2 aromatic rings. The Morgan fingerprint density at radius 2 is 1.83 bits per heavy atom. The topological polar surface area (TPSA) is 56.8 Å². The Labute approximate surface area is 141 Å². The van der Waals surface area contributed by atoms with Gasteiger partial charge in [0.1, 0.15) is 5.75 Å². The third-order valence-corrected chi connectivity index (χ3v) is 3.74. The van der Waals surface area contributed by atoms with E-state index in [1.807, 2.05) is 45.0 Å². The summed E-state index contributed by atoms with van der Waals surface area (Å²) in [4.78, 5) is 12.5. The van der Waals surface area contributed by atoms with Crippen molar-refractivity contribution < 1.29 is 19.0 Å². The van der Waals surface area contributed by atoms with Crippen molar-refractivity contribution in [1.82, 2.24) is 5.32 Å². The van der Waals surface area contributed by atoms with E-state index in [0.29, 0.717) is 17.1 Å². The van der Waals surface area contributed by atoms with Crippen molar-refractivity contribution in [2.45, 2.75) is 32.9 Å². The molecular formula is C19H21NO4. The Hall–Kier alpha value is -2.69. The quantitative estimate of drug-likeness (QED) is 0.910. The van der Waals surface area contributed by atoms with Gasteiger partial charge < -0.3 is 19.5 Å². The maximum Gasteiger partial charge on any atom is 0.255 e. The lowest BCUT2D eigenvalue weighted by atomic mass is 10.1. The van der Waals surface area contributed by atoms with Crippen LogP contribution in [0.3, 0.4) is 0 Å². The van der Waals surface area contributed by atoms with Gasteiger partial charge in [0.25, 0.3) is 5.91 Å². The van der Waals surface area contributed by atoms with Crippen molar-refractivity contribution >= 4 is 5.91 Å². The van der Waals surface area contributed by atoms with Crippen LogP contribution in [0.25, 0.3) is 0 Å². The third-order valence-electron chi connectivity index (χ3n) is 3.74. The predicted molar refractivity (Wildman–Crippen MR) is 90.7 cm³/mol. The lowest BCUT2D eigenvalue weighted by Gasteiger charge is -2.16. The van der Waals surface area contributed by atoms with E-state index in [0.717, 1.165) is 11.3 Å². The van der Waals surface area contributed by atoms with Crippen LogP contribution in [0.2, 0.25) is 0 Å². The van der Waals surface area contributed by atoms with Crippen LogP contribution in [-0.2, 0) is 0 Å². The number of ether oxygens (including phenoxy) is 3. The van der Waals surface area contributed by atoms with Crippen LogP contribution < -0.4 is 19.5 Å². The summed E-state index contributed by atoms with van der Waals surface area (Å²) in [5.74, 6) is 1.74. The largest absolute Gasteiger partial charge is 0.491 e. The molecule has 1 aliphatic rings. The number of amides is 1. The molecule has 1 aliphatic heterocycles. The molecule has 1 heterocycles. The number of hydrogen-bond donors (Lipinski definition) is 1. The van der Waals surface area contributed by atoms with E-state index in [-0.39, 0.29) is 24.8 Å². The van der Waals surface area contributed by atoms with Crippen LogP contribution in [0.1, 0.15) is 42.7 Å². The molecule has 0 aromatic heterocycles. The lowest BCUT2D eigenvalue weighted by Crippen LogP contribution is -2.26. The van der Waals surface area contributed by atoms with Gasteiger partial charge in [0.15, 0.2) is 11.5 Å². The van der Waals surface area contributed by atoms with Crippen LogP contribution >= 0.6 is 0 Å². The van der Waals surface area contributed by atoms with Crippen LogP contribution in [0.4, 0.5) is 0 Å². The second-order valence-corrected chi connectivity index (χ2v) is 5.97. The number of hydrogen-bond acceptors (Lipinski definition) is 4. The summed E-state index contributed by atoms with van der Waals surface area (Å²) < 4.78 is 16.3. The zero-order chi connectivity index (χ0) is 17.1. The highest BCUT2D eigenvalue weighted by atomic mass is 16.7.